The smallest absolute Gasteiger partial charge is 0.275 e. The van der Waals surface area contributed by atoms with Crippen LogP contribution in [0.1, 0.15) is 17.4 Å². The van der Waals surface area contributed by atoms with Gasteiger partial charge in [0.15, 0.2) is 5.69 Å². The lowest BCUT2D eigenvalue weighted by Crippen LogP contribution is -2.33. The number of hydrogen-bond acceptors (Lipinski definition) is 4. The van der Waals surface area contributed by atoms with Crippen LogP contribution < -0.4 is 0 Å². The van der Waals surface area contributed by atoms with Crippen molar-refractivity contribution in [3.8, 4) is 11.5 Å². The highest BCUT2D eigenvalue weighted by atomic mass is 16.3. The minimum absolute atomic E-state index is 0.0665. The van der Waals surface area contributed by atoms with Gasteiger partial charge in [0.05, 0.1) is 6.61 Å². The molecule has 19 heavy (non-hydrogen) atoms. The van der Waals surface area contributed by atoms with E-state index in [4.69, 9.17) is 9.52 Å². The molecule has 0 aliphatic heterocycles. The van der Waals surface area contributed by atoms with Gasteiger partial charge in [-0.1, -0.05) is 18.2 Å². The average Bonchev–Trinajstić information content (AvgIpc) is 2.95. The van der Waals surface area contributed by atoms with Gasteiger partial charge in [-0.2, -0.15) is 0 Å². The van der Waals surface area contributed by atoms with Crippen LogP contribution in [0.2, 0.25) is 0 Å². The summed E-state index contributed by atoms with van der Waals surface area (Å²) in [5.74, 6) is 0.187. The molecule has 100 valence electrons. The number of oxazole rings is 1. The topological polar surface area (TPSA) is 66.6 Å². The Balaban J connectivity index is 2.19. The molecule has 0 saturated heterocycles. The Hall–Kier alpha value is -2.14. The van der Waals surface area contributed by atoms with Gasteiger partial charge in [0, 0.05) is 18.7 Å². The predicted octanol–water partition coefficient (Wildman–Crippen LogP) is 1.80. The van der Waals surface area contributed by atoms with Crippen LogP contribution in [0.4, 0.5) is 0 Å². The number of likely N-dealkylation sites (N-methyl/N-ethyl adjacent to an activating group) is 1. The molecule has 0 radical (unpaired) electrons. The van der Waals surface area contributed by atoms with E-state index < -0.39 is 0 Å². The van der Waals surface area contributed by atoms with Crippen molar-refractivity contribution in [1.29, 1.82) is 0 Å². The number of carbonyl (C=O) groups excluding carboxylic acids is 1. The third-order valence-corrected chi connectivity index (χ3v) is 2.78. The van der Waals surface area contributed by atoms with Crippen molar-refractivity contribution < 1.29 is 14.3 Å². The monoisotopic (exact) mass is 260 g/mol. The second-order valence-electron chi connectivity index (χ2n) is 4.01. The molecule has 0 unspecified atom stereocenters. The van der Waals surface area contributed by atoms with Gasteiger partial charge in [0.2, 0.25) is 5.89 Å². The first-order valence-corrected chi connectivity index (χ1v) is 6.17. The zero-order chi connectivity index (χ0) is 13.7. The third kappa shape index (κ3) is 3.00. The largest absolute Gasteiger partial charge is 0.444 e. The number of hydrogen-bond donors (Lipinski definition) is 1. The molecule has 5 heteroatoms. The van der Waals surface area contributed by atoms with Gasteiger partial charge in [-0.3, -0.25) is 4.79 Å². The molecule has 0 saturated carbocycles. The molecule has 1 aromatic heterocycles. The van der Waals surface area contributed by atoms with Crippen LogP contribution in [0, 0.1) is 0 Å². The molecule has 1 amide bonds. The van der Waals surface area contributed by atoms with E-state index in [1.165, 1.54) is 11.2 Å². The van der Waals surface area contributed by atoms with Gasteiger partial charge in [-0.15, -0.1) is 0 Å². The van der Waals surface area contributed by atoms with E-state index in [-0.39, 0.29) is 18.2 Å². The molecule has 0 bridgehead atoms. The predicted molar refractivity (Wildman–Crippen MR) is 70.6 cm³/mol. The molecule has 1 aromatic carbocycles. The fourth-order valence-electron chi connectivity index (χ4n) is 1.77. The summed E-state index contributed by atoms with van der Waals surface area (Å²) in [5.41, 5.74) is 1.08. The van der Waals surface area contributed by atoms with E-state index in [1.807, 2.05) is 37.3 Å². The summed E-state index contributed by atoms with van der Waals surface area (Å²) >= 11 is 0. The van der Waals surface area contributed by atoms with Gasteiger partial charge in [0.1, 0.15) is 6.26 Å². The number of nitrogens with zero attached hydrogens (tertiary/aromatic N) is 2. The van der Waals surface area contributed by atoms with Gasteiger partial charge in [0.25, 0.3) is 5.91 Å². The lowest BCUT2D eigenvalue weighted by atomic mass is 10.2. The molecular formula is C14H16N2O3. The van der Waals surface area contributed by atoms with Crippen LogP contribution in [0.3, 0.4) is 0 Å². The van der Waals surface area contributed by atoms with Crippen LogP contribution in [-0.4, -0.2) is 40.6 Å². The number of benzene rings is 1. The highest BCUT2D eigenvalue weighted by molar-refractivity contribution is 5.92. The number of amides is 1. The summed E-state index contributed by atoms with van der Waals surface area (Å²) in [5, 5.41) is 8.91. The Morgan fingerprint density at radius 2 is 2.11 bits per heavy atom. The Bertz CT molecular complexity index is 537. The molecule has 0 aliphatic carbocycles. The van der Waals surface area contributed by atoms with Gasteiger partial charge >= 0.3 is 0 Å². The maximum absolute atomic E-state index is 12.1. The average molecular weight is 260 g/mol. The van der Waals surface area contributed by atoms with E-state index >= 15 is 0 Å². The Morgan fingerprint density at radius 3 is 2.74 bits per heavy atom. The standard InChI is InChI=1S/C14H16N2O3/c1-2-16(8-9-17)14(18)12-10-19-13(15-12)11-6-4-3-5-7-11/h3-7,10,17H,2,8-9H2,1H3. The molecule has 0 spiro atoms. The van der Waals surface area contributed by atoms with E-state index in [0.717, 1.165) is 5.56 Å². The summed E-state index contributed by atoms with van der Waals surface area (Å²) in [7, 11) is 0. The van der Waals surface area contributed by atoms with Crippen molar-refractivity contribution >= 4 is 5.91 Å². The highest BCUT2D eigenvalue weighted by Gasteiger charge is 2.18. The Kier molecular flexibility index (Phi) is 4.30. The SMILES string of the molecule is CCN(CCO)C(=O)c1coc(-c2ccccc2)n1. The molecule has 2 aromatic rings. The van der Waals surface area contributed by atoms with Crippen LogP contribution >= 0.6 is 0 Å². The first kappa shape index (κ1) is 13.3. The molecule has 2 rings (SSSR count). The normalized spacial score (nSPS) is 10.4. The maximum atomic E-state index is 12.1. The molecule has 1 heterocycles. The summed E-state index contributed by atoms with van der Waals surface area (Å²) in [6.07, 6.45) is 1.35. The first-order chi connectivity index (χ1) is 9.26. The summed E-state index contributed by atoms with van der Waals surface area (Å²) in [6, 6.07) is 9.39. The number of aliphatic hydroxyl groups excluding tert-OH is 1. The molecule has 0 aliphatic rings. The fraction of sp³-hybridized carbons (Fsp3) is 0.286. The van der Waals surface area contributed by atoms with Crippen LogP contribution in [0.15, 0.2) is 41.0 Å². The molecular weight excluding hydrogens is 244 g/mol. The second-order valence-corrected chi connectivity index (χ2v) is 4.01. The second kappa shape index (κ2) is 6.15. The quantitative estimate of drug-likeness (QED) is 0.890. The summed E-state index contributed by atoms with van der Waals surface area (Å²) < 4.78 is 5.32. The van der Waals surface area contributed by atoms with Crippen LogP contribution in [0.25, 0.3) is 11.5 Å². The Labute approximate surface area is 111 Å². The summed E-state index contributed by atoms with van der Waals surface area (Å²) in [6.45, 7) is 2.60. The summed E-state index contributed by atoms with van der Waals surface area (Å²) in [4.78, 5) is 17.8. The fourth-order valence-corrected chi connectivity index (χ4v) is 1.77. The van der Waals surface area contributed by atoms with Crippen molar-refractivity contribution in [3.05, 3.63) is 42.3 Å². The number of carbonyl (C=O) groups is 1. The van der Waals surface area contributed by atoms with Crippen molar-refractivity contribution in [1.82, 2.24) is 9.88 Å². The lowest BCUT2D eigenvalue weighted by Gasteiger charge is -2.17. The van der Waals surface area contributed by atoms with Gasteiger partial charge in [-0.05, 0) is 19.1 Å². The minimum atomic E-state index is -0.234. The van der Waals surface area contributed by atoms with Crippen LogP contribution in [0.5, 0.6) is 0 Å². The van der Waals surface area contributed by atoms with E-state index in [0.29, 0.717) is 19.0 Å². The maximum Gasteiger partial charge on any atom is 0.275 e. The van der Waals surface area contributed by atoms with Crippen molar-refractivity contribution in [2.75, 3.05) is 19.7 Å². The minimum Gasteiger partial charge on any atom is -0.444 e. The van der Waals surface area contributed by atoms with Crippen molar-refractivity contribution in [2.24, 2.45) is 0 Å². The Morgan fingerprint density at radius 1 is 1.37 bits per heavy atom. The van der Waals surface area contributed by atoms with Gasteiger partial charge in [-0.25, -0.2) is 4.98 Å². The van der Waals surface area contributed by atoms with Crippen molar-refractivity contribution in [2.45, 2.75) is 6.92 Å². The van der Waals surface area contributed by atoms with Crippen LogP contribution in [-0.2, 0) is 0 Å². The number of aliphatic hydroxyl groups is 1. The zero-order valence-corrected chi connectivity index (χ0v) is 10.7. The van der Waals surface area contributed by atoms with Crippen molar-refractivity contribution in [3.63, 3.8) is 0 Å². The molecule has 5 nitrogen and oxygen atoms in total. The highest BCUT2D eigenvalue weighted by Crippen LogP contribution is 2.18. The molecule has 1 N–H and O–H groups in total. The van der Waals surface area contributed by atoms with E-state index in [1.54, 1.807) is 0 Å². The number of rotatable bonds is 5. The first-order valence-electron chi connectivity index (χ1n) is 6.17. The van der Waals surface area contributed by atoms with Gasteiger partial charge < -0.3 is 14.4 Å². The third-order valence-electron chi connectivity index (χ3n) is 2.78. The molecule has 0 fully saturated rings. The zero-order valence-electron chi connectivity index (χ0n) is 10.7. The number of aromatic nitrogens is 1. The lowest BCUT2D eigenvalue weighted by molar-refractivity contribution is 0.0726. The molecule has 0 atom stereocenters. The van der Waals surface area contributed by atoms with E-state index in [2.05, 4.69) is 4.98 Å². The van der Waals surface area contributed by atoms with E-state index in [9.17, 15) is 4.79 Å².